The number of hydrazine groups is 1. The second-order valence-electron chi connectivity index (χ2n) is 11.6. The number of aromatic hydroxyl groups is 1. The smallest absolute Gasteiger partial charge is 0.115 e. The number of phenolic OH excluding ortho intramolecular Hbond substituents is 1. The molecule has 0 saturated heterocycles. The van der Waals surface area contributed by atoms with Crippen molar-refractivity contribution < 1.29 is 5.11 Å². The summed E-state index contributed by atoms with van der Waals surface area (Å²) < 4.78 is 0. The molecule has 5 heteroatoms. The van der Waals surface area contributed by atoms with Gasteiger partial charge in [0.1, 0.15) is 5.75 Å². The molecule has 1 aliphatic rings. The average Bonchev–Trinajstić information content (AvgIpc) is 3.06. The van der Waals surface area contributed by atoms with Gasteiger partial charge >= 0.3 is 0 Å². The van der Waals surface area contributed by atoms with Crippen LogP contribution in [-0.4, -0.2) is 5.11 Å². The number of phenols is 1. The molecule has 6 aromatic carbocycles. The second kappa shape index (κ2) is 11.0. The standard InChI is InChI=1S/C39H34N4O/c1-39(2)35-26-32(41(28-12-6-3-7-13-28)29-14-8-4-9-15-29)20-24-37(35)43(40)38-25-21-33(27-36(38)39)42(30-16-10-5-11-17-30)31-18-22-34(44)23-19-31/h3-27,44H,40H2,1-2H3. The molecule has 0 aromatic heterocycles. The maximum atomic E-state index is 9.99. The summed E-state index contributed by atoms with van der Waals surface area (Å²) in [5.41, 5.74) is 10.1. The van der Waals surface area contributed by atoms with Gasteiger partial charge in [-0.15, -0.1) is 0 Å². The van der Waals surface area contributed by atoms with E-state index in [0.717, 1.165) is 56.6 Å². The largest absolute Gasteiger partial charge is 0.508 e. The predicted octanol–water partition coefficient (Wildman–Crippen LogP) is 9.98. The lowest BCUT2D eigenvalue weighted by atomic mass is 9.73. The Hall–Kier alpha value is -5.52. The van der Waals surface area contributed by atoms with Crippen molar-refractivity contribution in [3.63, 3.8) is 0 Å². The van der Waals surface area contributed by atoms with Gasteiger partial charge in [0.05, 0.1) is 11.4 Å². The van der Waals surface area contributed by atoms with E-state index in [1.807, 2.05) is 47.5 Å². The van der Waals surface area contributed by atoms with Gasteiger partial charge in [0.15, 0.2) is 0 Å². The molecule has 5 nitrogen and oxygen atoms in total. The zero-order valence-electron chi connectivity index (χ0n) is 24.8. The lowest BCUT2D eigenvalue weighted by molar-refractivity contribution is 0.475. The van der Waals surface area contributed by atoms with Crippen molar-refractivity contribution >= 4 is 45.5 Å². The van der Waals surface area contributed by atoms with Gasteiger partial charge in [0.2, 0.25) is 0 Å². The fourth-order valence-corrected chi connectivity index (χ4v) is 6.25. The van der Waals surface area contributed by atoms with Crippen molar-refractivity contribution in [3.8, 4) is 5.75 Å². The van der Waals surface area contributed by atoms with Crippen LogP contribution in [0.15, 0.2) is 152 Å². The number of nitrogens with two attached hydrogens (primary N) is 1. The number of anilines is 8. The molecule has 0 unspecified atom stereocenters. The number of rotatable bonds is 6. The van der Waals surface area contributed by atoms with Crippen molar-refractivity contribution in [3.05, 3.63) is 163 Å². The topological polar surface area (TPSA) is 56.0 Å². The normalized spacial score (nSPS) is 13.1. The predicted molar refractivity (Wildman–Crippen MR) is 182 cm³/mol. The quantitative estimate of drug-likeness (QED) is 0.194. The summed E-state index contributed by atoms with van der Waals surface area (Å²) in [7, 11) is 0. The summed E-state index contributed by atoms with van der Waals surface area (Å²) >= 11 is 0. The molecule has 0 fully saturated rings. The zero-order chi connectivity index (χ0) is 30.3. The van der Waals surface area contributed by atoms with Gasteiger partial charge < -0.3 is 14.9 Å². The van der Waals surface area contributed by atoms with Gasteiger partial charge in [0, 0.05) is 39.5 Å². The van der Waals surface area contributed by atoms with Gasteiger partial charge in [-0.25, -0.2) is 5.84 Å². The molecular formula is C39H34N4O. The van der Waals surface area contributed by atoms with Crippen LogP contribution in [0.4, 0.5) is 45.5 Å². The maximum absolute atomic E-state index is 9.99. The van der Waals surface area contributed by atoms with Crippen LogP contribution in [0.2, 0.25) is 0 Å². The molecule has 7 rings (SSSR count). The summed E-state index contributed by atoms with van der Waals surface area (Å²) in [6, 6.07) is 51.5. The first-order valence-corrected chi connectivity index (χ1v) is 14.8. The third-order valence-electron chi connectivity index (χ3n) is 8.49. The molecule has 0 bridgehead atoms. The van der Waals surface area contributed by atoms with Crippen LogP contribution in [0.1, 0.15) is 25.0 Å². The highest BCUT2D eigenvalue weighted by molar-refractivity contribution is 5.85. The third-order valence-corrected chi connectivity index (χ3v) is 8.49. The molecule has 0 spiro atoms. The monoisotopic (exact) mass is 574 g/mol. The van der Waals surface area contributed by atoms with Crippen LogP contribution in [0, 0.1) is 0 Å². The minimum absolute atomic E-state index is 0.236. The van der Waals surface area contributed by atoms with Crippen LogP contribution in [-0.2, 0) is 5.41 Å². The fourth-order valence-electron chi connectivity index (χ4n) is 6.25. The summed E-state index contributed by atoms with van der Waals surface area (Å²) in [6.45, 7) is 4.54. The highest BCUT2D eigenvalue weighted by Crippen LogP contribution is 2.51. The summed E-state index contributed by atoms with van der Waals surface area (Å²) in [5, 5.41) is 11.8. The van der Waals surface area contributed by atoms with E-state index in [1.54, 1.807) is 12.1 Å². The van der Waals surface area contributed by atoms with Crippen LogP contribution in [0.25, 0.3) is 0 Å². The number of para-hydroxylation sites is 3. The molecule has 1 aliphatic heterocycles. The van der Waals surface area contributed by atoms with Gasteiger partial charge in [-0.2, -0.15) is 0 Å². The fraction of sp³-hybridized carbons (Fsp3) is 0.0769. The van der Waals surface area contributed by atoms with E-state index < -0.39 is 0 Å². The second-order valence-corrected chi connectivity index (χ2v) is 11.6. The first-order valence-electron chi connectivity index (χ1n) is 14.8. The van der Waals surface area contributed by atoms with Crippen LogP contribution < -0.4 is 20.7 Å². The molecule has 6 aromatic rings. The Morgan fingerprint density at radius 3 is 1.20 bits per heavy atom. The third kappa shape index (κ3) is 4.74. The van der Waals surface area contributed by atoms with Gasteiger partial charge in [-0.1, -0.05) is 68.4 Å². The minimum atomic E-state index is -0.358. The number of hydrogen-bond acceptors (Lipinski definition) is 5. The molecule has 0 amide bonds. The van der Waals surface area contributed by atoms with Gasteiger partial charge in [0.25, 0.3) is 0 Å². The van der Waals surface area contributed by atoms with E-state index in [1.165, 1.54) is 0 Å². The first kappa shape index (κ1) is 27.3. The van der Waals surface area contributed by atoms with E-state index in [9.17, 15) is 5.11 Å². The number of benzene rings is 6. The maximum Gasteiger partial charge on any atom is 0.115 e. The van der Waals surface area contributed by atoms with Crippen molar-refractivity contribution in [1.29, 1.82) is 0 Å². The van der Waals surface area contributed by atoms with Gasteiger partial charge in [-0.3, -0.25) is 5.01 Å². The Bertz CT molecular complexity index is 1870. The Morgan fingerprint density at radius 2 is 0.818 bits per heavy atom. The van der Waals surface area contributed by atoms with Crippen molar-refractivity contribution in [2.45, 2.75) is 19.3 Å². The van der Waals surface area contributed by atoms with E-state index in [0.29, 0.717) is 0 Å². The number of fused-ring (bicyclic) bond motifs is 2. The summed E-state index contributed by atoms with van der Waals surface area (Å²) in [4.78, 5) is 4.49. The van der Waals surface area contributed by atoms with Crippen LogP contribution in [0.3, 0.4) is 0 Å². The Balaban J connectivity index is 1.36. The Labute approximate surface area is 258 Å². The molecule has 3 N–H and O–H groups in total. The number of hydrogen-bond donors (Lipinski definition) is 2. The van der Waals surface area contributed by atoms with Crippen molar-refractivity contribution in [2.24, 2.45) is 5.84 Å². The summed E-state index contributed by atoms with van der Waals surface area (Å²) in [6.07, 6.45) is 0. The first-order chi connectivity index (χ1) is 21.4. The lowest BCUT2D eigenvalue weighted by Gasteiger charge is -2.41. The Morgan fingerprint density at radius 1 is 0.477 bits per heavy atom. The zero-order valence-corrected chi connectivity index (χ0v) is 24.8. The van der Waals surface area contributed by atoms with E-state index >= 15 is 0 Å². The number of nitrogens with zero attached hydrogens (tertiary/aromatic N) is 3. The summed E-state index contributed by atoms with van der Waals surface area (Å²) in [5.74, 6) is 7.11. The molecule has 1 heterocycles. The SMILES string of the molecule is CC1(C)c2cc(N(c3ccccc3)c3ccccc3)ccc2N(N)c2ccc(N(c3ccccc3)c3ccc(O)cc3)cc21. The molecule has 216 valence electrons. The van der Waals surface area contributed by atoms with Crippen molar-refractivity contribution in [2.75, 3.05) is 14.8 Å². The highest BCUT2D eigenvalue weighted by atomic mass is 16.3. The van der Waals surface area contributed by atoms with Gasteiger partial charge in [-0.05, 0) is 108 Å². The molecule has 0 saturated carbocycles. The molecule has 44 heavy (non-hydrogen) atoms. The van der Waals surface area contributed by atoms with Crippen LogP contribution in [0.5, 0.6) is 5.75 Å². The molecule has 0 atom stereocenters. The highest BCUT2D eigenvalue weighted by Gasteiger charge is 2.37. The Kier molecular flexibility index (Phi) is 6.80. The molecule has 0 radical (unpaired) electrons. The van der Waals surface area contributed by atoms with E-state index in [4.69, 9.17) is 5.84 Å². The molecule has 0 aliphatic carbocycles. The van der Waals surface area contributed by atoms with E-state index in [2.05, 4.69) is 121 Å². The van der Waals surface area contributed by atoms with E-state index in [-0.39, 0.29) is 11.2 Å². The van der Waals surface area contributed by atoms with Crippen LogP contribution >= 0.6 is 0 Å². The average molecular weight is 575 g/mol. The van der Waals surface area contributed by atoms with Crippen molar-refractivity contribution in [1.82, 2.24) is 0 Å². The minimum Gasteiger partial charge on any atom is -0.508 e. The lowest BCUT2D eigenvalue weighted by Crippen LogP contribution is -2.37. The molecular weight excluding hydrogens is 540 g/mol.